The van der Waals surface area contributed by atoms with Gasteiger partial charge in [-0.05, 0) is 24.1 Å². The van der Waals surface area contributed by atoms with Gasteiger partial charge in [0.1, 0.15) is 12.6 Å². The molecule has 1 heterocycles. The molecule has 16 heavy (non-hydrogen) atoms. The van der Waals surface area contributed by atoms with Crippen LogP contribution in [0.4, 0.5) is 4.39 Å². The maximum absolute atomic E-state index is 12.6. The Bertz CT molecular complexity index is 309. The second-order valence-corrected chi connectivity index (χ2v) is 3.86. The highest BCUT2D eigenvalue weighted by Gasteiger charge is 2.12. The van der Waals surface area contributed by atoms with E-state index in [0.717, 1.165) is 31.7 Å². The van der Waals surface area contributed by atoms with Crippen LogP contribution in [0.15, 0.2) is 24.3 Å². The fraction of sp³-hybridized carbons (Fsp3) is 0.500. The first kappa shape index (κ1) is 11.5. The van der Waals surface area contributed by atoms with Crippen molar-refractivity contribution in [2.45, 2.75) is 19.1 Å². The number of nitrogens with one attached hydrogen (secondary N) is 1. The highest BCUT2D eigenvalue weighted by atomic mass is 19.1. The van der Waals surface area contributed by atoms with Crippen LogP contribution in [0.1, 0.15) is 12.0 Å². The lowest BCUT2D eigenvalue weighted by atomic mass is 10.2. The highest BCUT2D eigenvalue weighted by Crippen LogP contribution is 2.06. The van der Waals surface area contributed by atoms with Gasteiger partial charge in [-0.1, -0.05) is 12.1 Å². The van der Waals surface area contributed by atoms with E-state index in [1.807, 2.05) is 0 Å². The fourth-order valence-corrected chi connectivity index (χ4v) is 1.64. The van der Waals surface area contributed by atoms with Crippen molar-refractivity contribution in [1.82, 2.24) is 5.32 Å². The van der Waals surface area contributed by atoms with Gasteiger partial charge in [-0.2, -0.15) is 0 Å². The molecule has 1 aromatic carbocycles. The smallest absolute Gasteiger partial charge is 0.147 e. The van der Waals surface area contributed by atoms with Gasteiger partial charge < -0.3 is 14.8 Å². The minimum Gasteiger partial charge on any atom is -0.355 e. The molecule has 4 heteroatoms. The van der Waals surface area contributed by atoms with E-state index in [2.05, 4.69) is 5.32 Å². The molecule has 0 aromatic heterocycles. The minimum atomic E-state index is -0.198. The van der Waals surface area contributed by atoms with Crippen molar-refractivity contribution in [1.29, 1.82) is 0 Å². The Hall–Kier alpha value is -0.970. The number of benzene rings is 1. The lowest BCUT2D eigenvalue weighted by Gasteiger charge is -2.22. The molecule has 1 atom stereocenters. The van der Waals surface area contributed by atoms with Crippen molar-refractivity contribution < 1.29 is 13.9 Å². The van der Waals surface area contributed by atoms with Crippen LogP contribution in [-0.4, -0.2) is 26.0 Å². The average Bonchev–Trinajstić information content (AvgIpc) is 2.33. The van der Waals surface area contributed by atoms with Gasteiger partial charge in [0.05, 0.1) is 12.7 Å². The van der Waals surface area contributed by atoms with Gasteiger partial charge in [-0.3, -0.25) is 0 Å². The zero-order chi connectivity index (χ0) is 11.2. The van der Waals surface area contributed by atoms with E-state index < -0.39 is 0 Å². The van der Waals surface area contributed by atoms with Crippen LogP contribution in [0.2, 0.25) is 0 Å². The molecule has 3 nitrogen and oxygen atoms in total. The van der Waals surface area contributed by atoms with Gasteiger partial charge in [-0.15, -0.1) is 0 Å². The Labute approximate surface area is 94.6 Å². The molecule has 0 radical (unpaired) electrons. The third-order valence-electron chi connectivity index (χ3n) is 2.59. The summed E-state index contributed by atoms with van der Waals surface area (Å²) in [4.78, 5) is 0. The Kier molecular flexibility index (Phi) is 4.27. The number of ether oxygens (including phenoxy) is 2. The SMILES string of the molecule is Fc1ccc(CNCC2CCOCO2)cc1. The van der Waals surface area contributed by atoms with Crippen molar-refractivity contribution in [3.8, 4) is 0 Å². The van der Waals surface area contributed by atoms with Gasteiger partial charge in [0.25, 0.3) is 0 Å². The largest absolute Gasteiger partial charge is 0.355 e. The van der Waals surface area contributed by atoms with Crippen molar-refractivity contribution >= 4 is 0 Å². The van der Waals surface area contributed by atoms with Crippen molar-refractivity contribution in [3.05, 3.63) is 35.6 Å². The monoisotopic (exact) mass is 225 g/mol. The Balaban J connectivity index is 1.69. The van der Waals surface area contributed by atoms with Crippen LogP contribution in [0.5, 0.6) is 0 Å². The van der Waals surface area contributed by atoms with Crippen LogP contribution < -0.4 is 5.32 Å². The summed E-state index contributed by atoms with van der Waals surface area (Å²) >= 11 is 0. The molecule has 1 aromatic rings. The molecule has 1 saturated heterocycles. The predicted molar refractivity (Wildman–Crippen MR) is 58.4 cm³/mol. The molecule has 88 valence electrons. The molecule has 0 bridgehead atoms. The Morgan fingerprint density at radius 3 is 2.81 bits per heavy atom. The van der Waals surface area contributed by atoms with Gasteiger partial charge in [0.2, 0.25) is 0 Å². The van der Waals surface area contributed by atoms with Gasteiger partial charge in [0.15, 0.2) is 0 Å². The van der Waals surface area contributed by atoms with Crippen molar-refractivity contribution in [3.63, 3.8) is 0 Å². The molecule has 1 unspecified atom stereocenters. The van der Waals surface area contributed by atoms with Crippen LogP contribution in [0, 0.1) is 5.82 Å². The van der Waals surface area contributed by atoms with Crippen LogP contribution >= 0.6 is 0 Å². The van der Waals surface area contributed by atoms with Gasteiger partial charge in [-0.25, -0.2) is 4.39 Å². The molecule has 1 fully saturated rings. The van der Waals surface area contributed by atoms with Crippen LogP contribution in [0.25, 0.3) is 0 Å². The van der Waals surface area contributed by atoms with E-state index in [9.17, 15) is 4.39 Å². The number of halogens is 1. The molecule has 0 aliphatic carbocycles. The second-order valence-electron chi connectivity index (χ2n) is 3.86. The lowest BCUT2D eigenvalue weighted by molar-refractivity contribution is -0.137. The van der Waals surface area contributed by atoms with E-state index in [0.29, 0.717) is 6.79 Å². The second kappa shape index (κ2) is 5.94. The van der Waals surface area contributed by atoms with E-state index >= 15 is 0 Å². The Morgan fingerprint density at radius 1 is 1.31 bits per heavy atom. The molecule has 0 amide bonds. The quantitative estimate of drug-likeness (QED) is 0.845. The topological polar surface area (TPSA) is 30.5 Å². The normalized spacial score (nSPS) is 20.9. The van der Waals surface area contributed by atoms with Crippen LogP contribution in [0.3, 0.4) is 0 Å². The summed E-state index contributed by atoms with van der Waals surface area (Å²) in [5, 5.41) is 3.29. The first-order valence-corrected chi connectivity index (χ1v) is 5.49. The summed E-state index contributed by atoms with van der Waals surface area (Å²) in [6.07, 6.45) is 1.16. The van der Waals surface area contributed by atoms with E-state index in [1.165, 1.54) is 12.1 Å². The molecular weight excluding hydrogens is 209 g/mol. The van der Waals surface area contributed by atoms with E-state index in [1.54, 1.807) is 12.1 Å². The summed E-state index contributed by atoms with van der Waals surface area (Å²) in [7, 11) is 0. The molecule has 1 aliphatic heterocycles. The molecule has 0 saturated carbocycles. The molecule has 0 spiro atoms. The number of hydrogen-bond acceptors (Lipinski definition) is 3. The summed E-state index contributed by atoms with van der Waals surface area (Å²) in [6.45, 7) is 2.70. The zero-order valence-electron chi connectivity index (χ0n) is 9.12. The van der Waals surface area contributed by atoms with Gasteiger partial charge >= 0.3 is 0 Å². The maximum Gasteiger partial charge on any atom is 0.147 e. The summed E-state index contributed by atoms with van der Waals surface area (Å²) in [5.74, 6) is -0.198. The lowest BCUT2D eigenvalue weighted by Crippen LogP contribution is -2.33. The minimum absolute atomic E-state index is 0.198. The fourth-order valence-electron chi connectivity index (χ4n) is 1.64. The first-order chi connectivity index (χ1) is 7.84. The summed E-state index contributed by atoms with van der Waals surface area (Å²) in [5.41, 5.74) is 1.08. The standard InChI is InChI=1S/C12H16FNO2/c13-11-3-1-10(2-4-11)7-14-8-12-5-6-15-9-16-12/h1-4,12,14H,5-9H2. The van der Waals surface area contributed by atoms with E-state index in [4.69, 9.17) is 9.47 Å². The first-order valence-electron chi connectivity index (χ1n) is 5.49. The third-order valence-corrected chi connectivity index (χ3v) is 2.59. The molecule has 1 N–H and O–H groups in total. The predicted octanol–water partition coefficient (Wildman–Crippen LogP) is 1.68. The molecule has 1 aliphatic rings. The third kappa shape index (κ3) is 3.56. The van der Waals surface area contributed by atoms with Crippen molar-refractivity contribution in [2.75, 3.05) is 19.9 Å². The van der Waals surface area contributed by atoms with Crippen LogP contribution in [-0.2, 0) is 16.0 Å². The Morgan fingerprint density at radius 2 is 2.12 bits per heavy atom. The molecular formula is C12H16FNO2. The summed E-state index contributed by atoms with van der Waals surface area (Å²) < 4.78 is 23.1. The number of rotatable bonds is 4. The summed E-state index contributed by atoms with van der Waals surface area (Å²) in [6, 6.07) is 6.52. The average molecular weight is 225 g/mol. The van der Waals surface area contributed by atoms with Crippen molar-refractivity contribution in [2.24, 2.45) is 0 Å². The van der Waals surface area contributed by atoms with Gasteiger partial charge in [0, 0.05) is 13.1 Å². The number of hydrogen-bond donors (Lipinski definition) is 1. The van der Waals surface area contributed by atoms with E-state index in [-0.39, 0.29) is 11.9 Å². The zero-order valence-corrected chi connectivity index (χ0v) is 9.12. The maximum atomic E-state index is 12.6. The highest BCUT2D eigenvalue weighted by molar-refractivity contribution is 5.15. The molecule has 2 rings (SSSR count).